The number of carbonyl (C=O) groups excluding carboxylic acids is 1. The molecule has 1 unspecified atom stereocenters. The van der Waals surface area contributed by atoms with Crippen LogP contribution in [-0.2, 0) is 9.59 Å². The van der Waals surface area contributed by atoms with E-state index in [1.165, 1.54) is 0 Å². The van der Waals surface area contributed by atoms with Crippen LogP contribution in [0.1, 0.15) is 84.0 Å². The van der Waals surface area contributed by atoms with E-state index in [0.717, 1.165) is 57.8 Å². The Kier molecular flexibility index (Phi) is 14.0. The number of ketones is 1. The predicted molar refractivity (Wildman–Crippen MR) is 88.9 cm³/mol. The van der Waals surface area contributed by atoms with E-state index in [-0.39, 0.29) is 12.2 Å². The Morgan fingerprint density at radius 3 is 2.32 bits per heavy atom. The quantitative estimate of drug-likeness (QED) is 0.350. The molecule has 0 bridgehead atoms. The topological polar surface area (TPSA) is 74.6 Å². The largest absolute Gasteiger partial charge is 0.481 e. The van der Waals surface area contributed by atoms with Gasteiger partial charge in [-0.05, 0) is 25.7 Å². The highest BCUT2D eigenvalue weighted by atomic mass is 16.4. The summed E-state index contributed by atoms with van der Waals surface area (Å²) >= 11 is 0. The smallest absolute Gasteiger partial charge is 0.303 e. The number of allylic oxidation sites excluding steroid dienone is 2. The van der Waals surface area contributed by atoms with E-state index in [0.29, 0.717) is 12.8 Å². The summed E-state index contributed by atoms with van der Waals surface area (Å²) < 4.78 is 0. The Balaban J connectivity index is 3.45. The van der Waals surface area contributed by atoms with Crippen LogP contribution in [0.3, 0.4) is 0 Å². The maximum absolute atomic E-state index is 11.7. The van der Waals surface area contributed by atoms with Crippen molar-refractivity contribution in [2.24, 2.45) is 0 Å². The van der Waals surface area contributed by atoms with Gasteiger partial charge in [-0.15, -0.1) is 0 Å². The van der Waals surface area contributed by atoms with Crippen LogP contribution < -0.4 is 0 Å². The van der Waals surface area contributed by atoms with Crippen molar-refractivity contribution in [3.8, 4) is 0 Å². The van der Waals surface area contributed by atoms with Crippen molar-refractivity contribution in [3.05, 3.63) is 12.2 Å². The zero-order valence-electron chi connectivity index (χ0n) is 13.9. The minimum absolute atomic E-state index is 0.0824. The Hall–Kier alpha value is -1.16. The van der Waals surface area contributed by atoms with Crippen LogP contribution in [0.15, 0.2) is 12.2 Å². The van der Waals surface area contributed by atoms with E-state index in [9.17, 15) is 14.7 Å². The van der Waals surface area contributed by atoms with Crippen LogP contribution in [0.2, 0.25) is 0 Å². The summed E-state index contributed by atoms with van der Waals surface area (Å²) in [5.74, 6) is -0.800. The van der Waals surface area contributed by atoms with Crippen molar-refractivity contribution in [2.45, 2.75) is 90.1 Å². The van der Waals surface area contributed by atoms with Gasteiger partial charge in [-0.25, -0.2) is 0 Å². The third-order valence-electron chi connectivity index (χ3n) is 3.70. The van der Waals surface area contributed by atoms with E-state index < -0.39 is 12.1 Å². The molecule has 0 heterocycles. The monoisotopic (exact) mass is 312 g/mol. The number of aliphatic hydroxyl groups excluding tert-OH is 1. The summed E-state index contributed by atoms with van der Waals surface area (Å²) in [7, 11) is 0. The molecular weight excluding hydrogens is 280 g/mol. The Bertz CT molecular complexity index is 323. The number of hydrogen-bond donors (Lipinski definition) is 2. The molecule has 22 heavy (non-hydrogen) atoms. The lowest BCUT2D eigenvalue weighted by atomic mass is 10.0. The molecule has 0 radical (unpaired) electrons. The van der Waals surface area contributed by atoms with Gasteiger partial charge >= 0.3 is 5.97 Å². The SMILES string of the molecule is CCCCCC(O)C(=O)C/C=C\CCCCCCCC(=O)O. The molecule has 0 fully saturated rings. The second-order valence-electron chi connectivity index (χ2n) is 5.85. The van der Waals surface area contributed by atoms with Crippen molar-refractivity contribution >= 4 is 11.8 Å². The zero-order chi connectivity index (χ0) is 16.6. The molecule has 0 aliphatic heterocycles. The van der Waals surface area contributed by atoms with Gasteiger partial charge in [0.05, 0.1) is 0 Å². The van der Waals surface area contributed by atoms with Crippen molar-refractivity contribution in [1.29, 1.82) is 0 Å². The molecule has 4 heteroatoms. The van der Waals surface area contributed by atoms with Gasteiger partial charge in [-0.1, -0.05) is 57.6 Å². The summed E-state index contributed by atoms with van der Waals surface area (Å²) in [6, 6.07) is 0. The van der Waals surface area contributed by atoms with Gasteiger partial charge in [0.1, 0.15) is 6.10 Å². The number of unbranched alkanes of at least 4 members (excludes halogenated alkanes) is 7. The molecule has 0 rings (SSSR count). The first kappa shape index (κ1) is 20.8. The number of carboxylic acids is 1. The standard InChI is InChI=1S/C18H32O4/c1-2-3-10-13-16(19)17(20)14-11-8-6-4-5-7-9-12-15-18(21)22/h8,11,16,19H,2-7,9-10,12-15H2,1H3,(H,21,22)/b11-8-. The molecule has 0 spiro atoms. The van der Waals surface area contributed by atoms with E-state index in [1.54, 1.807) is 0 Å². The average molecular weight is 312 g/mol. The first-order chi connectivity index (χ1) is 10.6. The van der Waals surface area contributed by atoms with Crippen LogP contribution in [0.25, 0.3) is 0 Å². The molecular formula is C18H32O4. The summed E-state index contributed by atoms with van der Waals surface area (Å²) in [5, 5.41) is 18.2. The van der Waals surface area contributed by atoms with Gasteiger partial charge in [0.15, 0.2) is 5.78 Å². The highest BCUT2D eigenvalue weighted by molar-refractivity contribution is 5.84. The average Bonchev–Trinajstić information content (AvgIpc) is 2.48. The number of carboxylic acid groups (broad SMARTS) is 1. The van der Waals surface area contributed by atoms with Crippen molar-refractivity contribution < 1.29 is 19.8 Å². The number of aliphatic hydroxyl groups is 1. The second kappa shape index (κ2) is 14.8. The van der Waals surface area contributed by atoms with Crippen LogP contribution in [0, 0.1) is 0 Å². The van der Waals surface area contributed by atoms with Gasteiger partial charge in [0, 0.05) is 12.8 Å². The molecule has 0 saturated carbocycles. The molecule has 0 aromatic heterocycles. The second-order valence-corrected chi connectivity index (χ2v) is 5.85. The van der Waals surface area contributed by atoms with Crippen molar-refractivity contribution in [3.63, 3.8) is 0 Å². The fourth-order valence-electron chi connectivity index (χ4n) is 2.27. The Morgan fingerprint density at radius 1 is 0.955 bits per heavy atom. The lowest BCUT2D eigenvalue weighted by Gasteiger charge is -2.07. The lowest BCUT2D eigenvalue weighted by Crippen LogP contribution is -2.19. The van der Waals surface area contributed by atoms with E-state index in [2.05, 4.69) is 6.92 Å². The molecule has 128 valence electrons. The van der Waals surface area contributed by atoms with Crippen LogP contribution in [0.5, 0.6) is 0 Å². The third kappa shape index (κ3) is 13.8. The predicted octanol–water partition coefficient (Wildman–Crippen LogP) is 4.26. The number of Topliss-reactive ketones (excluding diaryl/α,β-unsaturated/α-hetero) is 1. The maximum Gasteiger partial charge on any atom is 0.303 e. The summed E-state index contributed by atoms with van der Waals surface area (Å²) in [4.78, 5) is 22.0. The van der Waals surface area contributed by atoms with Crippen LogP contribution in [-0.4, -0.2) is 28.1 Å². The van der Waals surface area contributed by atoms with E-state index >= 15 is 0 Å². The molecule has 0 saturated heterocycles. The van der Waals surface area contributed by atoms with Gasteiger partial charge in [0.2, 0.25) is 0 Å². The Labute approximate surface area is 134 Å². The number of aliphatic carboxylic acids is 1. The van der Waals surface area contributed by atoms with Gasteiger partial charge in [-0.3, -0.25) is 9.59 Å². The van der Waals surface area contributed by atoms with Crippen LogP contribution in [0.4, 0.5) is 0 Å². The molecule has 4 nitrogen and oxygen atoms in total. The minimum Gasteiger partial charge on any atom is -0.481 e. The number of hydrogen-bond acceptors (Lipinski definition) is 3. The lowest BCUT2D eigenvalue weighted by molar-refractivity contribution is -0.137. The van der Waals surface area contributed by atoms with Crippen molar-refractivity contribution in [2.75, 3.05) is 0 Å². The maximum atomic E-state index is 11.7. The molecule has 2 N–H and O–H groups in total. The van der Waals surface area contributed by atoms with Gasteiger partial charge < -0.3 is 10.2 Å². The van der Waals surface area contributed by atoms with E-state index in [1.807, 2.05) is 12.2 Å². The fraction of sp³-hybridized carbons (Fsp3) is 0.778. The number of carbonyl (C=O) groups is 2. The van der Waals surface area contributed by atoms with Crippen molar-refractivity contribution in [1.82, 2.24) is 0 Å². The first-order valence-corrected chi connectivity index (χ1v) is 8.65. The Morgan fingerprint density at radius 2 is 1.64 bits per heavy atom. The molecule has 0 aliphatic carbocycles. The highest BCUT2D eigenvalue weighted by Gasteiger charge is 2.12. The fourth-order valence-corrected chi connectivity index (χ4v) is 2.27. The van der Waals surface area contributed by atoms with Gasteiger partial charge in [0.25, 0.3) is 0 Å². The first-order valence-electron chi connectivity index (χ1n) is 8.65. The summed E-state index contributed by atoms with van der Waals surface area (Å²) in [6.45, 7) is 2.10. The molecule has 0 aliphatic rings. The molecule has 0 amide bonds. The highest BCUT2D eigenvalue weighted by Crippen LogP contribution is 2.09. The number of rotatable bonds is 15. The molecule has 0 aromatic rings. The zero-order valence-corrected chi connectivity index (χ0v) is 13.9. The van der Waals surface area contributed by atoms with Gasteiger partial charge in [-0.2, -0.15) is 0 Å². The molecule has 1 atom stereocenters. The minimum atomic E-state index is -0.801. The third-order valence-corrected chi connectivity index (χ3v) is 3.70. The summed E-state index contributed by atoms with van der Waals surface area (Å²) in [6.07, 6.45) is 13.2. The normalized spacial score (nSPS) is 12.6. The molecule has 0 aromatic carbocycles. The summed E-state index contributed by atoms with van der Waals surface area (Å²) in [5.41, 5.74) is 0. The van der Waals surface area contributed by atoms with E-state index in [4.69, 9.17) is 5.11 Å². The van der Waals surface area contributed by atoms with Crippen LogP contribution >= 0.6 is 0 Å².